The maximum Gasteiger partial charge on any atom is 0.317 e. The molecule has 0 saturated carbocycles. The number of urea groups is 1. The van der Waals surface area contributed by atoms with E-state index in [-0.39, 0.29) is 12.1 Å². The molecule has 3 unspecified atom stereocenters. The second kappa shape index (κ2) is 6.61. The maximum atomic E-state index is 11.9. The summed E-state index contributed by atoms with van der Waals surface area (Å²) in [5.74, 6) is -0.551. The van der Waals surface area contributed by atoms with E-state index in [0.717, 1.165) is 19.4 Å². The zero-order valence-electron chi connectivity index (χ0n) is 11.5. The second-order valence-corrected chi connectivity index (χ2v) is 5.43. The van der Waals surface area contributed by atoms with Gasteiger partial charge < -0.3 is 15.3 Å². The third kappa shape index (κ3) is 4.20. The highest BCUT2D eigenvalue weighted by Gasteiger charge is 2.26. The molecule has 0 bridgehead atoms. The summed E-state index contributed by atoms with van der Waals surface area (Å²) in [6.45, 7) is 7.14. The number of carboxylic acid groups (broad SMARTS) is 1. The van der Waals surface area contributed by atoms with Crippen molar-refractivity contribution in [3.63, 3.8) is 0 Å². The highest BCUT2D eigenvalue weighted by atomic mass is 16.4. The van der Waals surface area contributed by atoms with Crippen LogP contribution in [0.4, 0.5) is 4.79 Å². The van der Waals surface area contributed by atoms with Crippen LogP contribution in [0.2, 0.25) is 0 Å². The number of carboxylic acids is 1. The van der Waals surface area contributed by atoms with Crippen LogP contribution in [-0.2, 0) is 4.79 Å². The van der Waals surface area contributed by atoms with E-state index in [1.165, 1.54) is 0 Å². The van der Waals surface area contributed by atoms with Crippen LogP contribution in [-0.4, -0.2) is 41.1 Å². The summed E-state index contributed by atoms with van der Waals surface area (Å²) in [6.07, 6.45) is 2.56. The number of piperidine rings is 1. The molecule has 3 atom stereocenters. The first-order chi connectivity index (χ1) is 8.41. The van der Waals surface area contributed by atoms with Gasteiger partial charge in [0, 0.05) is 19.1 Å². The second-order valence-electron chi connectivity index (χ2n) is 5.43. The molecule has 1 rings (SSSR count). The number of amides is 2. The Morgan fingerprint density at radius 1 is 1.44 bits per heavy atom. The van der Waals surface area contributed by atoms with Crippen LogP contribution >= 0.6 is 0 Å². The molecule has 0 radical (unpaired) electrons. The Morgan fingerprint density at radius 3 is 2.67 bits per heavy atom. The molecular weight excluding hydrogens is 232 g/mol. The van der Waals surface area contributed by atoms with Crippen LogP contribution < -0.4 is 5.32 Å². The zero-order valence-corrected chi connectivity index (χ0v) is 11.5. The molecule has 1 heterocycles. The molecule has 0 aromatic carbocycles. The average Bonchev–Trinajstić information content (AvgIpc) is 2.28. The number of likely N-dealkylation sites (tertiary alicyclic amines) is 1. The highest BCUT2D eigenvalue weighted by molar-refractivity contribution is 5.74. The quantitative estimate of drug-likeness (QED) is 0.807. The topological polar surface area (TPSA) is 69.6 Å². The first-order valence-electron chi connectivity index (χ1n) is 6.69. The Bertz CT molecular complexity index is 307. The number of aliphatic carboxylic acids is 1. The van der Waals surface area contributed by atoms with Crippen LogP contribution in [0.25, 0.3) is 0 Å². The average molecular weight is 256 g/mol. The van der Waals surface area contributed by atoms with Crippen molar-refractivity contribution in [1.82, 2.24) is 10.2 Å². The predicted molar refractivity (Wildman–Crippen MR) is 69.4 cm³/mol. The third-order valence-electron chi connectivity index (χ3n) is 3.67. The largest absolute Gasteiger partial charge is 0.481 e. The van der Waals surface area contributed by atoms with Gasteiger partial charge in [0.05, 0.1) is 5.92 Å². The van der Waals surface area contributed by atoms with E-state index in [4.69, 9.17) is 5.11 Å². The van der Waals surface area contributed by atoms with E-state index in [1.807, 2.05) is 4.90 Å². The molecule has 0 spiro atoms. The van der Waals surface area contributed by atoms with E-state index >= 15 is 0 Å². The van der Waals surface area contributed by atoms with Gasteiger partial charge in [0.1, 0.15) is 0 Å². The fourth-order valence-corrected chi connectivity index (χ4v) is 2.33. The molecule has 1 saturated heterocycles. The standard InChI is InChI=1S/C13H24N2O3/c1-9-5-7-15(11(3)8-9)13(18)14-6-4-10(2)12(16)17/h9-11H,4-8H2,1-3H3,(H,14,18)(H,16,17). The highest BCUT2D eigenvalue weighted by Crippen LogP contribution is 2.21. The van der Waals surface area contributed by atoms with Gasteiger partial charge in [-0.25, -0.2) is 4.79 Å². The summed E-state index contributed by atoms with van der Waals surface area (Å²) in [6, 6.07) is 0.206. The van der Waals surface area contributed by atoms with Gasteiger partial charge in [0.2, 0.25) is 0 Å². The minimum atomic E-state index is -0.815. The number of carbonyl (C=O) groups excluding carboxylic acids is 1. The van der Waals surface area contributed by atoms with Crippen LogP contribution in [0, 0.1) is 11.8 Å². The van der Waals surface area contributed by atoms with E-state index in [9.17, 15) is 9.59 Å². The van der Waals surface area contributed by atoms with E-state index in [1.54, 1.807) is 6.92 Å². The Hall–Kier alpha value is -1.26. The van der Waals surface area contributed by atoms with E-state index < -0.39 is 11.9 Å². The van der Waals surface area contributed by atoms with Crippen molar-refractivity contribution in [3.8, 4) is 0 Å². The summed E-state index contributed by atoms with van der Waals surface area (Å²) in [5, 5.41) is 11.6. The molecule has 5 heteroatoms. The smallest absolute Gasteiger partial charge is 0.317 e. The molecular formula is C13H24N2O3. The molecule has 0 aromatic heterocycles. The molecule has 2 N–H and O–H groups in total. The van der Waals surface area contributed by atoms with E-state index in [0.29, 0.717) is 18.9 Å². The molecule has 1 aliphatic rings. The van der Waals surface area contributed by atoms with Gasteiger partial charge in [-0.3, -0.25) is 4.79 Å². The molecule has 104 valence electrons. The molecule has 2 amide bonds. The zero-order chi connectivity index (χ0) is 13.7. The SMILES string of the molecule is CC1CCN(C(=O)NCCC(C)C(=O)O)C(C)C1. The minimum Gasteiger partial charge on any atom is -0.481 e. The monoisotopic (exact) mass is 256 g/mol. The van der Waals surface area contributed by atoms with Gasteiger partial charge in [-0.2, -0.15) is 0 Å². The van der Waals surface area contributed by atoms with Crippen molar-refractivity contribution < 1.29 is 14.7 Å². The summed E-state index contributed by atoms with van der Waals surface area (Å²) in [7, 11) is 0. The molecule has 5 nitrogen and oxygen atoms in total. The first kappa shape index (κ1) is 14.8. The first-order valence-corrected chi connectivity index (χ1v) is 6.69. The van der Waals surface area contributed by atoms with Gasteiger partial charge in [0.15, 0.2) is 0 Å². The Labute approximate surface area is 109 Å². The lowest BCUT2D eigenvalue weighted by Gasteiger charge is -2.36. The molecule has 0 aliphatic carbocycles. The minimum absolute atomic E-state index is 0.0630. The molecule has 18 heavy (non-hydrogen) atoms. The van der Waals surface area contributed by atoms with E-state index in [2.05, 4.69) is 19.2 Å². The number of rotatable bonds is 4. The van der Waals surface area contributed by atoms with Crippen molar-refractivity contribution in [2.75, 3.05) is 13.1 Å². The maximum absolute atomic E-state index is 11.9. The normalized spacial score (nSPS) is 25.6. The molecule has 1 fully saturated rings. The van der Waals surface area contributed by atoms with Crippen molar-refractivity contribution in [2.24, 2.45) is 11.8 Å². The Kier molecular flexibility index (Phi) is 5.44. The van der Waals surface area contributed by atoms with Crippen LogP contribution in [0.5, 0.6) is 0 Å². The van der Waals surface area contributed by atoms with Gasteiger partial charge in [0.25, 0.3) is 0 Å². The Morgan fingerprint density at radius 2 is 2.11 bits per heavy atom. The molecule has 1 aliphatic heterocycles. The van der Waals surface area contributed by atoms with Gasteiger partial charge in [-0.1, -0.05) is 13.8 Å². The van der Waals surface area contributed by atoms with Crippen molar-refractivity contribution >= 4 is 12.0 Å². The van der Waals surface area contributed by atoms with Gasteiger partial charge in [-0.05, 0) is 32.1 Å². The number of hydrogen-bond donors (Lipinski definition) is 2. The number of hydrogen-bond acceptors (Lipinski definition) is 2. The van der Waals surface area contributed by atoms with Crippen molar-refractivity contribution in [2.45, 2.75) is 46.1 Å². The summed E-state index contributed by atoms with van der Waals surface area (Å²) in [5.41, 5.74) is 0. The lowest BCUT2D eigenvalue weighted by atomic mass is 9.94. The van der Waals surface area contributed by atoms with Crippen LogP contribution in [0.15, 0.2) is 0 Å². The fraction of sp³-hybridized carbons (Fsp3) is 0.846. The van der Waals surface area contributed by atoms with Gasteiger partial charge >= 0.3 is 12.0 Å². The van der Waals surface area contributed by atoms with Crippen LogP contribution in [0.3, 0.4) is 0 Å². The number of nitrogens with zero attached hydrogens (tertiary/aromatic N) is 1. The number of nitrogens with one attached hydrogen (secondary N) is 1. The Balaban J connectivity index is 2.30. The van der Waals surface area contributed by atoms with Crippen molar-refractivity contribution in [3.05, 3.63) is 0 Å². The summed E-state index contributed by atoms with van der Waals surface area (Å²) in [4.78, 5) is 24.4. The fourth-order valence-electron chi connectivity index (χ4n) is 2.33. The summed E-state index contributed by atoms with van der Waals surface area (Å²) < 4.78 is 0. The van der Waals surface area contributed by atoms with Crippen LogP contribution in [0.1, 0.15) is 40.0 Å². The third-order valence-corrected chi connectivity index (χ3v) is 3.67. The van der Waals surface area contributed by atoms with Gasteiger partial charge in [-0.15, -0.1) is 0 Å². The predicted octanol–water partition coefficient (Wildman–Crippen LogP) is 1.93. The van der Waals surface area contributed by atoms with Crippen molar-refractivity contribution in [1.29, 1.82) is 0 Å². The molecule has 0 aromatic rings. The number of carbonyl (C=O) groups is 2. The summed E-state index contributed by atoms with van der Waals surface area (Å²) >= 11 is 0. The lowest BCUT2D eigenvalue weighted by Crippen LogP contribution is -2.49. The lowest BCUT2D eigenvalue weighted by molar-refractivity contribution is -0.141.